The van der Waals surface area contributed by atoms with E-state index < -0.39 is 0 Å². The molecule has 0 spiro atoms. The maximum absolute atomic E-state index is 5.33. The van der Waals surface area contributed by atoms with Crippen molar-refractivity contribution in [2.24, 2.45) is 0 Å². The normalized spacial score (nSPS) is 15.9. The maximum Gasteiger partial charge on any atom is 0.132 e. The molecule has 2 heterocycles. The number of anilines is 1. The molecule has 1 aliphatic heterocycles. The third kappa shape index (κ3) is 2.65. The van der Waals surface area contributed by atoms with Gasteiger partial charge in [0, 0.05) is 25.8 Å². The zero-order valence-corrected chi connectivity index (χ0v) is 9.15. The molecule has 0 radical (unpaired) electrons. The van der Waals surface area contributed by atoms with E-state index in [9.17, 15) is 0 Å². The van der Waals surface area contributed by atoms with Crippen molar-refractivity contribution in [3.63, 3.8) is 0 Å². The molecule has 15 heavy (non-hydrogen) atoms. The number of ether oxygens (including phenoxy) is 1. The summed E-state index contributed by atoms with van der Waals surface area (Å²) in [5.41, 5.74) is 0.966. The highest BCUT2D eigenvalue weighted by atomic mass is 16.5. The van der Waals surface area contributed by atoms with E-state index in [1.165, 1.54) is 12.8 Å². The lowest BCUT2D eigenvalue weighted by molar-refractivity contribution is 0.131. The smallest absolute Gasteiger partial charge is 0.132 e. The van der Waals surface area contributed by atoms with Gasteiger partial charge in [0.2, 0.25) is 0 Å². The SMILES string of the molecule is CCOCc1cc(N2CCCC2)ncn1. The zero-order chi connectivity index (χ0) is 10.5. The number of hydrogen-bond donors (Lipinski definition) is 0. The average Bonchev–Trinajstić information content (AvgIpc) is 2.80. The van der Waals surface area contributed by atoms with Crippen LogP contribution in [0.3, 0.4) is 0 Å². The molecule has 1 aromatic rings. The van der Waals surface area contributed by atoms with Crippen molar-refractivity contribution < 1.29 is 4.74 Å². The Bertz CT molecular complexity index is 310. The molecular formula is C11H17N3O. The van der Waals surface area contributed by atoms with E-state index in [-0.39, 0.29) is 0 Å². The van der Waals surface area contributed by atoms with Crippen molar-refractivity contribution in [2.75, 3.05) is 24.6 Å². The molecule has 0 bridgehead atoms. The Balaban J connectivity index is 2.04. The molecule has 82 valence electrons. The largest absolute Gasteiger partial charge is 0.375 e. The summed E-state index contributed by atoms with van der Waals surface area (Å²) in [6.07, 6.45) is 4.16. The van der Waals surface area contributed by atoms with E-state index in [0.717, 1.165) is 31.2 Å². The van der Waals surface area contributed by atoms with Crippen LogP contribution in [0.2, 0.25) is 0 Å². The molecule has 0 unspecified atom stereocenters. The summed E-state index contributed by atoms with van der Waals surface area (Å²) in [5.74, 6) is 1.04. The van der Waals surface area contributed by atoms with Gasteiger partial charge in [-0.05, 0) is 19.8 Å². The minimum absolute atomic E-state index is 0.583. The lowest BCUT2D eigenvalue weighted by atomic mass is 10.4. The van der Waals surface area contributed by atoms with E-state index in [2.05, 4.69) is 14.9 Å². The van der Waals surface area contributed by atoms with Crippen LogP contribution < -0.4 is 4.90 Å². The molecule has 0 aromatic carbocycles. The third-order valence-electron chi connectivity index (χ3n) is 2.59. The van der Waals surface area contributed by atoms with Gasteiger partial charge in [-0.15, -0.1) is 0 Å². The Labute approximate surface area is 90.3 Å². The van der Waals surface area contributed by atoms with E-state index in [0.29, 0.717) is 6.61 Å². The van der Waals surface area contributed by atoms with Crippen LogP contribution in [0.25, 0.3) is 0 Å². The van der Waals surface area contributed by atoms with Gasteiger partial charge in [0.1, 0.15) is 12.1 Å². The van der Waals surface area contributed by atoms with Crippen molar-refractivity contribution in [3.05, 3.63) is 18.1 Å². The summed E-state index contributed by atoms with van der Waals surface area (Å²) in [5, 5.41) is 0. The molecule has 1 aliphatic rings. The van der Waals surface area contributed by atoms with Crippen LogP contribution in [0.4, 0.5) is 5.82 Å². The lowest BCUT2D eigenvalue weighted by Crippen LogP contribution is -2.19. The minimum atomic E-state index is 0.583. The molecular weight excluding hydrogens is 190 g/mol. The molecule has 0 amide bonds. The summed E-state index contributed by atoms with van der Waals surface area (Å²) in [7, 11) is 0. The number of rotatable bonds is 4. The molecule has 1 aromatic heterocycles. The molecule has 1 fully saturated rings. The summed E-state index contributed by atoms with van der Waals surface area (Å²) in [6.45, 7) is 5.53. The van der Waals surface area contributed by atoms with Crippen LogP contribution in [0.1, 0.15) is 25.5 Å². The predicted octanol–water partition coefficient (Wildman–Crippen LogP) is 1.61. The molecule has 0 N–H and O–H groups in total. The summed E-state index contributed by atoms with van der Waals surface area (Å²) >= 11 is 0. The van der Waals surface area contributed by atoms with E-state index in [4.69, 9.17) is 4.74 Å². The Hall–Kier alpha value is -1.16. The third-order valence-corrected chi connectivity index (χ3v) is 2.59. The van der Waals surface area contributed by atoms with Gasteiger partial charge in [-0.2, -0.15) is 0 Å². The average molecular weight is 207 g/mol. The Morgan fingerprint density at radius 2 is 2.13 bits per heavy atom. The van der Waals surface area contributed by atoms with E-state index >= 15 is 0 Å². The number of hydrogen-bond acceptors (Lipinski definition) is 4. The second kappa shape index (κ2) is 5.07. The fraction of sp³-hybridized carbons (Fsp3) is 0.636. The van der Waals surface area contributed by atoms with Gasteiger partial charge < -0.3 is 9.64 Å². The van der Waals surface area contributed by atoms with E-state index in [1.54, 1.807) is 6.33 Å². The van der Waals surface area contributed by atoms with E-state index in [1.807, 2.05) is 13.0 Å². The Morgan fingerprint density at radius 1 is 1.33 bits per heavy atom. The number of aromatic nitrogens is 2. The summed E-state index contributed by atoms with van der Waals surface area (Å²) < 4.78 is 5.33. The highest BCUT2D eigenvalue weighted by Crippen LogP contribution is 2.17. The van der Waals surface area contributed by atoms with Crippen LogP contribution >= 0.6 is 0 Å². The first-order chi connectivity index (χ1) is 7.40. The van der Waals surface area contributed by atoms with Crippen molar-refractivity contribution in [3.8, 4) is 0 Å². The lowest BCUT2D eigenvalue weighted by Gasteiger charge is -2.16. The van der Waals surface area contributed by atoms with Gasteiger partial charge in [0.25, 0.3) is 0 Å². The quantitative estimate of drug-likeness (QED) is 0.752. The molecule has 0 atom stereocenters. The standard InChI is InChI=1S/C11H17N3O/c1-2-15-8-10-7-11(13-9-12-10)14-5-3-4-6-14/h7,9H,2-6,8H2,1H3. The van der Waals surface area contributed by atoms with Crippen LogP contribution in [0.5, 0.6) is 0 Å². The summed E-state index contributed by atoms with van der Waals surface area (Å²) in [4.78, 5) is 10.8. The highest BCUT2D eigenvalue weighted by Gasteiger charge is 2.13. The van der Waals surface area contributed by atoms with Crippen LogP contribution in [0, 0.1) is 0 Å². The van der Waals surface area contributed by atoms with Gasteiger partial charge in [0.15, 0.2) is 0 Å². The van der Waals surface area contributed by atoms with Crippen LogP contribution in [-0.2, 0) is 11.3 Å². The van der Waals surface area contributed by atoms with Gasteiger partial charge >= 0.3 is 0 Å². The predicted molar refractivity (Wildman–Crippen MR) is 58.8 cm³/mol. The molecule has 0 saturated carbocycles. The fourth-order valence-electron chi connectivity index (χ4n) is 1.79. The van der Waals surface area contributed by atoms with Gasteiger partial charge in [-0.1, -0.05) is 0 Å². The van der Waals surface area contributed by atoms with Gasteiger partial charge in [0.05, 0.1) is 12.3 Å². The zero-order valence-electron chi connectivity index (χ0n) is 9.15. The first-order valence-electron chi connectivity index (χ1n) is 5.54. The second-order valence-electron chi connectivity index (χ2n) is 3.70. The fourth-order valence-corrected chi connectivity index (χ4v) is 1.79. The molecule has 0 aliphatic carbocycles. The monoisotopic (exact) mass is 207 g/mol. The Kier molecular flexibility index (Phi) is 3.50. The first kappa shape index (κ1) is 10.4. The van der Waals surface area contributed by atoms with Crippen LogP contribution in [0.15, 0.2) is 12.4 Å². The van der Waals surface area contributed by atoms with Gasteiger partial charge in [-0.25, -0.2) is 9.97 Å². The van der Waals surface area contributed by atoms with Crippen LogP contribution in [-0.4, -0.2) is 29.7 Å². The van der Waals surface area contributed by atoms with Crippen molar-refractivity contribution >= 4 is 5.82 Å². The first-order valence-corrected chi connectivity index (χ1v) is 5.54. The second-order valence-corrected chi connectivity index (χ2v) is 3.70. The Morgan fingerprint density at radius 3 is 2.87 bits per heavy atom. The minimum Gasteiger partial charge on any atom is -0.375 e. The molecule has 4 heteroatoms. The van der Waals surface area contributed by atoms with Crippen molar-refractivity contribution in [1.29, 1.82) is 0 Å². The van der Waals surface area contributed by atoms with Gasteiger partial charge in [-0.3, -0.25) is 0 Å². The maximum atomic E-state index is 5.33. The highest BCUT2D eigenvalue weighted by molar-refractivity contribution is 5.39. The topological polar surface area (TPSA) is 38.2 Å². The molecule has 4 nitrogen and oxygen atoms in total. The molecule has 1 saturated heterocycles. The van der Waals surface area contributed by atoms with Crippen molar-refractivity contribution in [1.82, 2.24) is 9.97 Å². The summed E-state index contributed by atoms with van der Waals surface area (Å²) in [6, 6.07) is 2.03. The molecule has 2 rings (SSSR count). The van der Waals surface area contributed by atoms with Crippen molar-refractivity contribution in [2.45, 2.75) is 26.4 Å². The number of nitrogens with zero attached hydrogens (tertiary/aromatic N) is 3.